The van der Waals surface area contributed by atoms with E-state index in [4.69, 9.17) is 9.15 Å². The summed E-state index contributed by atoms with van der Waals surface area (Å²) in [6.07, 6.45) is 6.10. The van der Waals surface area contributed by atoms with Gasteiger partial charge in [0, 0.05) is 13.2 Å². The van der Waals surface area contributed by atoms with Gasteiger partial charge in [-0.1, -0.05) is 13.8 Å². The van der Waals surface area contributed by atoms with Crippen LogP contribution in [-0.2, 0) is 4.74 Å². The van der Waals surface area contributed by atoms with Crippen LogP contribution in [0.5, 0.6) is 0 Å². The van der Waals surface area contributed by atoms with Crippen molar-refractivity contribution in [2.75, 3.05) is 13.2 Å². The summed E-state index contributed by atoms with van der Waals surface area (Å²) in [5.74, 6) is 1.21. The molecule has 1 aromatic heterocycles. The van der Waals surface area contributed by atoms with Crippen molar-refractivity contribution < 1.29 is 9.15 Å². The predicted octanol–water partition coefficient (Wildman–Crippen LogP) is 3.30. The highest BCUT2D eigenvalue weighted by molar-refractivity contribution is 5.28. The maximum atomic E-state index is 5.37. The van der Waals surface area contributed by atoms with Gasteiger partial charge in [-0.2, -0.15) is 0 Å². The van der Waals surface area contributed by atoms with Crippen molar-refractivity contribution in [2.24, 2.45) is 0 Å². The van der Waals surface area contributed by atoms with Crippen LogP contribution in [0.15, 0.2) is 16.9 Å². The zero-order valence-corrected chi connectivity index (χ0v) is 8.95. The van der Waals surface area contributed by atoms with Crippen LogP contribution in [0.3, 0.4) is 0 Å². The standard InChI is InChI=1S/C12H18O2/c1-9(2)11-7-14-8-12(11)10-3-5-13-6-4-10/h7-10H,3-6H2,1-2H3. The lowest BCUT2D eigenvalue weighted by molar-refractivity contribution is 0.0850. The molecule has 1 aromatic rings. The lowest BCUT2D eigenvalue weighted by Gasteiger charge is -2.22. The Morgan fingerprint density at radius 2 is 1.93 bits per heavy atom. The third-order valence-corrected chi connectivity index (χ3v) is 3.01. The molecular formula is C12H18O2. The highest BCUT2D eigenvalue weighted by atomic mass is 16.5. The second kappa shape index (κ2) is 4.18. The first-order chi connectivity index (χ1) is 6.79. The zero-order valence-electron chi connectivity index (χ0n) is 8.95. The molecule has 78 valence electrons. The molecule has 0 atom stereocenters. The molecule has 0 aliphatic carbocycles. The molecule has 0 amide bonds. The molecule has 2 heteroatoms. The Balaban J connectivity index is 2.17. The fraction of sp³-hybridized carbons (Fsp3) is 0.667. The third-order valence-electron chi connectivity index (χ3n) is 3.01. The Labute approximate surface area is 85.3 Å². The topological polar surface area (TPSA) is 22.4 Å². The van der Waals surface area contributed by atoms with E-state index in [1.165, 1.54) is 11.1 Å². The molecule has 0 saturated carbocycles. The maximum Gasteiger partial charge on any atom is 0.0940 e. The van der Waals surface area contributed by atoms with E-state index in [0.29, 0.717) is 11.8 Å². The fourth-order valence-corrected chi connectivity index (χ4v) is 2.13. The van der Waals surface area contributed by atoms with E-state index in [1.54, 1.807) is 0 Å². The fourth-order valence-electron chi connectivity index (χ4n) is 2.13. The molecule has 14 heavy (non-hydrogen) atoms. The lowest BCUT2D eigenvalue weighted by atomic mass is 9.88. The molecule has 2 heterocycles. The highest BCUT2D eigenvalue weighted by Crippen LogP contribution is 2.33. The summed E-state index contributed by atoms with van der Waals surface area (Å²) in [6, 6.07) is 0. The number of furan rings is 1. The Kier molecular flexibility index (Phi) is 2.92. The van der Waals surface area contributed by atoms with Gasteiger partial charge in [-0.15, -0.1) is 0 Å². The molecule has 1 aliphatic heterocycles. The zero-order chi connectivity index (χ0) is 9.97. The van der Waals surface area contributed by atoms with Crippen molar-refractivity contribution in [3.63, 3.8) is 0 Å². The molecule has 1 saturated heterocycles. The molecule has 2 rings (SSSR count). The first-order valence-electron chi connectivity index (χ1n) is 5.42. The molecule has 2 nitrogen and oxygen atoms in total. The maximum absolute atomic E-state index is 5.37. The molecule has 0 spiro atoms. The summed E-state index contributed by atoms with van der Waals surface area (Å²) in [5.41, 5.74) is 2.78. The van der Waals surface area contributed by atoms with Gasteiger partial charge in [0.05, 0.1) is 12.5 Å². The first kappa shape index (κ1) is 9.78. The van der Waals surface area contributed by atoms with E-state index in [0.717, 1.165) is 26.1 Å². The monoisotopic (exact) mass is 194 g/mol. The summed E-state index contributed by atoms with van der Waals surface area (Å²) in [6.45, 7) is 6.22. The van der Waals surface area contributed by atoms with Crippen LogP contribution in [0.1, 0.15) is 49.7 Å². The minimum absolute atomic E-state index is 0.562. The van der Waals surface area contributed by atoms with Crippen LogP contribution in [0.4, 0.5) is 0 Å². The van der Waals surface area contributed by atoms with Crippen molar-refractivity contribution in [1.82, 2.24) is 0 Å². The molecule has 0 bridgehead atoms. The minimum atomic E-state index is 0.562. The van der Waals surface area contributed by atoms with Gasteiger partial charge in [0.25, 0.3) is 0 Å². The van der Waals surface area contributed by atoms with E-state index < -0.39 is 0 Å². The number of hydrogen-bond acceptors (Lipinski definition) is 2. The Morgan fingerprint density at radius 3 is 2.57 bits per heavy atom. The van der Waals surface area contributed by atoms with Crippen LogP contribution in [0, 0.1) is 0 Å². The van der Waals surface area contributed by atoms with Crippen LogP contribution in [0.25, 0.3) is 0 Å². The van der Waals surface area contributed by atoms with Crippen LogP contribution in [0.2, 0.25) is 0 Å². The average Bonchev–Trinajstić information content (AvgIpc) is 2.67. The Hall–Kier alpha value is -0.760. The van der Waals surface area contributed by atoms with E-state index >= 15 is 0 Å². The van der Waals surface area contributed by atoms with E-state index in [2.05, 4.69) is 13.8 Å². The molecule has 0 N–H and O–H groups in total. The second-order valence-electron chi connectivity index (χ2n) is 4.32. The minimum Gasteiger partial charge on any atom is -0.472 e. The first-order valence-corrected chi connectivity index (χ1v) is 5.42. The van der Waals surface area contributed by atoms with Gasteiger partial charge >= 0.3 is 0 Å². The molecule has 1 aliphatic rings. The lowest BCUT2D eigenvalue weighted by Crippen LogP contribution is -2.14. The molecule has 0 radical (unpaired) electrons. The van der Waals surface area contributed by atoms with Crippen molar-refractivity contribution in [2.45, 2.75) is 38.5 Å². The summed E-state index contributed by atoms with van der Waals surface area (Å²) in [5, 5.41) is 0. The summed E-state index contributed by atoms with van der Waals surface area (Å²) >= 11 is 0. The van der Waals surface area contributed by atoms with Crippen LogP contribution >= 0.6 is 0 Å². The molecular weight excluding hydrogens is 176 g/mol. The van der Waals surface area contributed by atoms with Gasteiger partial charge in [-0.3, -0.25) is 0 Å². The second-order valence-corrected chi connectivity index (χ2v) is 4.32. The summed E-state index contributed by atoms with van der Waals surface area (Å²) < 4.78 is 10.7. The van der Waals surface area contributed by atoms with Crippen molar-refractivity contribution >= 4 is 0 Å². The van der Waals surface area contributed by atoms with Crippen LogP contribution in [-0.4, -0.2) is 13.2 Å². The Morgan fingerprint density at radius 1 is 1.21 bits per heavy atom. The molecule has 0 aromatic carbocycles. The summed E-state index contributed by atoms with van der Waals surface area (Å²) in [7, 11) is 0. The van der Waals surface area contributed by atoms with Crippen molar-refractivity contribution in [1.29, 1.82) is 0 Å². The van der Waals surface area contributed by atoms with Gasteiger partial charge < -0.3 is 9.15 Å². The quantitative estimate of drug-likeness (QED) is 0.720. The number of hydrogen-bond donors (Lipinski definition) is 0. The smallest absolute Gasteiger partial charge is 0.0940 e. The highest BCUT2D eigenvalue weighted by Gasteiger charge is 2.21. The number of ether oxygens (including phenoxy) is 1. The van der Waals surface area contributed by atoms with Gasteiger partial charge in [-0.05, 0) is 35.8 Å². The van der Waals surface area contributed by atoms with Gasteiger partial charge in [0.2, 0.25) is 0 Å². The van der Waals surface area contributed by atoms with Crippen molar-refractivity contribution in [3.05, 3.63) is 23.7 Å². The van der Waals surface area contributed by atoms with Gasteiger partial charge in [0.1, 0.15) is 0 Å². The van der Waals surface area contributed by atoms with E-state index in [9.17, 15) is 0 Å². The largest absolute Gasteiger partial charge is 0.472 e. The SMILES string of the molecule is CC(C)c1cocc1C1CCOCC1. The normalized spacial score (nSPS) is 19.1. The molecule has 0 unspecified atom stereocenters. The predicted molar refractivity (Wildman–Crippen MR) is 55.6 cm³/mol. The average molecular weight is 194 g/mol. The van der Waals surface area contributed by atoms with Gasteiger partial charge in [-0.25, -0.2) is 0 Å². The molecule has 1 fully saturated rings. The summed E-state index contributed by atoms with van der Waals surface area (Å²) in [4.78, 5) is 0. The third kappa shape index (κ3) is 1.85. The van der Waals surface area contributed by atoms with E-state index in [-0.39, 0.29) is 0 Å². The van der Waals surface area contributed by atoms with Crippen LogP contribution < -0.4 is 0 Å². The Bertz CT molecular complexity index is 282. The van der Waals surface area contributed by atoms with Gasteiger partial charge in [0.15, 0.2) is 0 Å². The van der Waals surface area contributed by atoms with Crippen molar-refractivity contribution in [3.8, 4) is 0 Å². The van der Waals surface area contributed by atoms with E-state index in [1.807, 2.05) is 12.5 Å². The number of rotatable bonds is 2.